The molecule has 164 valence electrons. The molecule has 0 saturated carbocycles. The normalized spacial score (nSPS) is 20.2. The minimum atomic E-state index is -3.23. The summed E-state index contributed by atoms with van der Waals surface area (Å²) >= 11 is 5.82. The lowest BCUT2D eigenvalue weighted by molar-refractivity contribution is 0.0357. The van der Waals surface area contributed by atoms with Gasteiger partial charge in [0.05, 0.1) is 44.3 Å². The maximum absolute atomic E-state index is 14.1. The molecular weight excluding hydrogens is 423 g/mol. The first kappa shape index (κ1) is 13.0. The Kier molecular flexibility index (Phi) is 4.23. The van der Waals surface area contributed by atoms with Crippen molar-refractivity contribution in [1.29, 1.82) is 0 Å². The average Bonchev–Trinajstić information content (AvgIpc) is 2.93. The van der Waals surface area contributed by atoms with Crippen LogP contribution in [0.2, 0.25) is 5.02 Å². The van der Waals surface area contributed by atoms with Gasteiger partial charge in [0.1, 0.15) is 18.0 Å². The van der Waals surface area contributed by atoms with Crippen LogP contribution >= 0.6 is 11.6 Å². The number of ether oxygens (including phenoxy) is 3. The largest absolute Gasteiger partial charge is 0.493 e. The Balaban J connectivity index is 1.77. The first-order chi connectivity index (χ1) is 18.6. The molecule has 0 atom stereocenters. The van der Waals surface area contributed by atoms with Crippen molar-refractivity contribution in [3.8, 4) is 11.5 Å². The van der Waals surface area contributed by atoms with Crippen LogP contribution in [-0.2, 0) is 4.74 Å². The molecule has 1 aliphatic heterocycles. The molecule has 2 heterocycles. The summed E-state index contributed by atoms with van der Waals surface area (Å²) in [5.41, 5.74) is -0.0914. The highest BCUT2D eigenvalue weighted by Gasteiger charge is 2.14. The maximum Gasteiger partial charge on any atom is 0.162 e. The topological polar surface area (TPSA) is 68.7 Å². The Labute approximate surface area is 197 Å². The highest BCUT2D eigenvalue weighted by molar-refractivity contribution is 6.31. The highest BCUT2D eigenvalue weighted by atomic mass is 35.5. The van der Waals surface area contributed by atoms with Crippen LogP contribution in [0.1, 0.15) is 18.7 Å². The van der Waals surface area contributed by atoms with Crippen LogP contribution in [0.15, 0.2) is 36.6 Å². The molecule has 2 aromatic carbocycles. The number of rotatable bonds is 8. The molecule has 0 amide bonds. The van der Waals surface area contributed by atoms with Crippen LogP contribution in [0, 0.1) is 5.82 Å². The lowest BCUT2D eigenvalue weighted by Crippen LogP contribution is -2.37. The summed E-state index contributed by atoms with van der Waals surface area (Å²) in [7, 11) is 1.26. The fourth-order valence-electron chi connectivity index (χ4n) is 2.81. The Bertz CT molecular complexity index is 1420. The minimum absolute atomic E-state index is 0.0474. The van der Waals surface area contributed by atoms with Gasteiger partial charge >= 0.3 is 0 Å². The molecule has 1 fully saturated rings. The summed E-state index contributed by atoms with van der Waals surface area (Å²) in [4.78, 5) is 9.35. The van der Waals surface area contributed by atoms with E-state index in [-0.39, 0.29) is 60.2 Å². The van der Waals surface area contributed by atoms with E-state index in [2.05, 4.69) is 15.3 Å². The van der Waals surface area contributed by atoms with Crippen molar-refractivity contribution in [2.45, 2.75) is 6.37 Å². The van der Waals surface area contributed by atoms with E-state index in [1.54, 1.807) is 0 Å². The third-order valence-corrected chi connectivity index (χ3v) is 4.59. The lowest BCUT2D eigenvalue weighted by Gasteiger charge is -2.26. The van der Waals surface area contributed by atoms with Gasteiger partial charge < -0.3 is 19.5 Å². The smallest absolute Gasteiger partial charge is 0.162 e. The molecule has 1 aromatic heterocycles. The van der Waals surface area contributed by atoms with E-state index in [0.29, 0.717) is 0 Å². The Morgan fingerprint density at radius 1 is 1.29 bits per heavy atom. The molecule has 4 rings (SSSR count). The van der Waals surface area contributed by atoms with Gasteiger partial charge in [0, 0.05) is 42.2 Å². The van der Waals surface area contributed by atoms with Crippen LogP contribution in [0.25, 0.3) is 10.9 Å². The summed E-state index contributed by atoms with van der Waals surface area (Å²) in [6, 6.07) is 0.480. The van der Waals surface area contributed by atoms with Gasteiger partial charge in [-0.1, -0.05) is 11.6 Å². The van der Waals surface area contributed by atoms with E-state index in [4.69, 9.17) is 38.1 Å². The number of halogens is 2. The second kappa shape index (κ2) is 10.1. The summed E-state index contributed by atoms with van der Waals surface area (Å²) in [6.45, 7) is -5.59. The monoisotopic (exact) mass is 455 g/mol. The van der Waals surface area contributed by atoms with Gasteiger partial charge in [-0.15, -0.1) is 0 Å². The average molecular weight is 456 g/mol. The molecule has 31 heavy (non-hydrogen) atoms. The highest BCUT2D eigenvalue weighted by Crippen LogP contribution is 2.35. The number of aromatic nitrogens is 2. The van der Waals surface area contributed by atoms with Crippen LogP contribution in [-0.4, -0.2) is 61.3 Å². The van der Waals surface area contributed by atoms with E-state index in [9.17, 15) is 4.39 Å². The van der Waals surface area contributed by atoms with Gasteiger partial charge in [-0.3, -0.25) is 4.90 Å². The van der Waals surface area contributed by atoms with E-state index in [1.165, 1.54) is 19.2 Å². The van der Waals surface area contributed by atoms with Crippen LogP contribution in [0.5, 0.6) is 11.5 Å². The number of hydrogen-bond donors (Lipinski definition) is 1. The van der Waals surface area contributed by atoms with Crippen LogP contribution in [0.4, 0.5) is 15.9 Å². The summed E-state index contributed by atoms with van der Waals surface area (Å²) in [5, 5.41) is 2.14. The van der Waals surface area contributed by atoms with Gasteiger partial charge in [0.25, 0.3) is 0 Å². The van der Waals surface area contributed by atoms with Crippen molar-refractivity contribution in [2.24, 2.45) is 0 Å². The SMILES string of the molecule is [2H]c1c([2H])c(Nc2ncnc3cc(OC)c(OC([2H])([2H])C([2H])([2H])C([2H])([2H])N4CCOCC4)cc23)c([2H])c(Cl)c1F. The molecule has 0 unspecified atom stereocenters. The molecule has 0 aliphatic carbocycles. The second-order valence-electron chi connectivity index (χ2n) is 6.29. The van der Waals surface area contributed by atoms with E-state index < -0.39 is 48.4 Å². The maximum atomic E-state index is 14.1. The van der Waals surface area contributed by atoms with Crippen molar-refractivity contribution < 1.29 is 30.9 Å². The standard InChI is InChI=1S/C22H24ClFN4O3/c1-29-20-13-19-16(12-21(20)31-8-2-5-28-6-9-30-10-7-28)22(26-14-25-19)27-15-3-4-18(24)17(23)11-15/h3-4,11-14H,2,5-10H2,1H3,(H,25,26,27)/i2D2,3D,4D,5D2,8D2,11D. The molecule has 9 heteroatoms. The van der Waals surface area contributed by atoms with Gasteiger partial charge in [-0.2, -0.15) is 0 Å². The molecular formula is C22H24ClFN4O3. The summed E-state index contributed by atoms with van der Waals surface area (Å²) < 4.78 is 105. The van der Waals surface area contributed by atoms with Crippen molar-refractivity contribution in [3.05, 3.63) is 47.4 Å². The minimum Gasteiger partial charge on any atom is -0.493 e. The molecule has 3 aromatic rings. The van der Waals surface area contributed by atoms with E-state index in [0.717, 1.165) is 11.2 Å². The summed E-state index contributed by atoms with van der Waals surface area (Å²) in [6.07, 6.45) is -2.05. The Morgan fingerprint density at radius 3 is 2.94 bits per heavy atom. The molecule has 1 N–H and O–H groups in total. The molecule has 0 bridgehead atoms. The number of benzene rings is 2. The fraction of sp³-hybridized carbons (Fsp3) is 0.364. The molecule has 1 saturated heterocycles. The third-order valence-electron chi connectivity index (χ3n) is 4.33. The number of methoxy groups -OCH3 is 1. The van der Waals surface area contributed by atoms with Crippen molar-refractivity contribution in [3.63, 3.8) is 0 Å². The number of hydrogen-bond acceptors (Lipinski definition) is 7. The molecule has 7 nitrogen and oxygen atoms in total. The van der Waals surface area contributed by atoms with Crippen molar-refractivity contribution in [2.75, 3.05) is 51.8 Å². The Hall–Kier alpha value is -2.68. The number of morpholine rings is 1. The number of nitrogens with one attached hydrogen (secondary N) is 1. The van der Waals surface area contributed by atoms with Crippen LogP contribution < -0.4 is 14.8 Å². The van der Waals surface area contributed by atoms with Crippen molar-refractivity contribution in [1.82, 2.24) is 14.9 Å². The zero-order valence-corrected chi connectivity index (χ0v) is 17.1. The van der Waals surface area contributed by atoms with Gasteiger partial charge in [0.15, 0.2) is 11.5 Å². The zero-order valence-electron chi connectivity index (χ0n) is 25.4. The second-order valence-corrected chi connectivity index (χ2v) is 6.66. The quantitative estimate of drug-likeness (QED) is 0.543. The third kappa shape index (κ3) is 5.33. The zero-order chi connectivity index (χ0) is 29.6. The molecule has 0 radical (unpaired) electrons. The van der Waals surface area contributed by atoms with E-state index in [1.807, 2.05) is 0 Å². The first-order valence-corrected chi connectivity index (χ1v) is 9.58. The lowest BCUT2D eigenvalue weighted by atomic mass is 10.2. The van der Waals surface area contributed by atoms with Crippen molar-refractivity contribution >= 4 is 34.0 Å². The Morgan fingerprint density at radius 2 is 2.13 bits per heavy atom. The molecule has 1 aliphatic rings. The van der Waals surface area contributed by atoms with E-state index >= 15 is 0 Å². The summed E-state index contributed by atoms with van der Waals surface area (Å²) in [5.74, 6) is -1.64. The molecule has 0 spiro atoms. The van der Waals surface area contributed by atoms with Gasteiger partial charge in [0.2, 0.25) is 0 Å². The number of fused-ring (bicyclic) bond motifs is 1. The predicted octanol–water partition coefficient (Wildman–Crippen LogP) is 4.28. The van der Waals surface area contributed by atoms with Crippen LogP contribution in [0.3, 0.4) is 0 Å². The number of anilines is 2. The van der Waals surface area contributed by atoms with Gasteiger partial charge in [-0.25, -0.2) is 14.4 Å². The first-order valence-electron chi connectivity index (χ1n) is 13.7. The van der Waals surface area contributed by atoms with Gasteiger partial charge in [-0.05, 0) is 30.6 Å². The fourth-order valence-corrected chi connectivity index (χ4v) is 2.95. The predicted molar refractivity (Wildman–Crippen MR) is 118 cm³/mol. The number of nitrogens with zero attached hydrogens (tertiary/aromatic N) is 3.